The van der Waals surface area contributed by atoms with E-state index in [1.54, 1.807) is 0 Å². The molecule has 0 radical (unpaired) electrons. The van der Waals surface area contributed by atoms with Crippen LogP contribution in [0, 0.1) is 0 Å². The van der Waals surface area contributed by atoms with Gasteiger partial charge in [-0.25, -0.2) is 0 Å². The average molecular weight is 294 g/mol. The Morgan fingerprint density at radius 1 is 1.38 bits per heavy atom. The molecule has 1 aromatic rings. The van der Waals surface area contributed by atoms with Gasteiger partial charge >= 0.3 is 0 Å². The van der Waals surface area contributed by atoms with Gasteiger partial charge in [0.05, 0.1) is 6.61 Å². The molecule has 1 atom stereocenters. The number of hydrogen-bond acceptors (Lipinski definition) is 5. The Bertz CT molecular complexity index is 424. The van der Waals surface area contributed by atoms with E-state index in [4.69, 9.17) is 15.6 Å². The van der Waals surface area contributed by atoms with Crippen LogP contribution in [-0.4, -0.2) is 53.6 Å². The largest absolute Gasteiger partial charge is 0.491 e. The molecule has 0 heterocycles. The first-order valence-corrected chi connectivity index (χ1v) is 7.67. The van der Waals surface area contributed by atoms with Crippen molar-refractivity contribution in [3.05, 3.63) is 29.8 Å². The van der Waals surface area contributed by atoms with Gasteiger partial charge < -0.3 is 20.7 Å². The zero-order valence-electron chi connectivity index (χ0n) is 12.4. The Labute approximate surface area is 126 Å². The minimum Gasteiger partial charge on any atom is -0.491 e. The number of benzene rings is 1. The van der Waals surface area contributed by atoms with Gasteiger partial charge in [-0.1, -0.05) is 18.6 Å². The third-order valence-electron chi connectivity index (χ3n) is 4.00. The third-order valence-corrected chi connectivity index (χ3v) is 4.00. The first-order valence-electron chi connectivity index (χ1n) is 7.67. The fraction of sp³-hybridized carbons (Fsp3) is 0.625. The van der Waals surface area contributed by atoms with Crippen LogP contribution < -0.4 is 10.5 Å². The fourth-order valence-electron chi connectivity index (χ4n) is 2.58. The van der Waals surface area contributed by atoms with Crippen LogP contribution in [-0.2, 0) is 6.54 Å². The highest BCUT2D eigenvalue weighted by Crippen LogP contribution is 2.24. The van der Waals surface area contributed by atoms with E-state index in [-0.39, 0.29) is 13.2 Å². The lowest BCUT2D eigenvalue weighted by Gasteiger charge is -2.38. The zero-order chi connectivity index (χ0) is 15.1. The molecule has 0 amide bonds. The Balaban J connectivity index is 1.78. The molecular weight excluding hydrogens is 268 g/mol. The average Bonchev–Trinajstić information content (AvgIpc) is 2.44. The van der Waals surface area contributed by atoms with E-state index in [1.807, 2.05) is 24.3 Å². The van der Waals surface area contributed by atoms with Crippen molar-refractivity contribution in [1.82, 2.24) is 4.90 Å². The fourth-order valence-corrected chi connectivity index (χ4v) is 2.58. The van der Waals surface area contributed by atoms with Crippen LogP contribution in [0.4, 0.5) is 0 Å². The summed E-state index contributed by atoms with van der Waals surface area (Å²) in [4.78, 5) is 2.16. The molecule has 1 aliphatic carbocycles. The van der Waals surface area contributed by atoms with Crippen molar-refractivity contribution < 1.29 is 14.9 Å². The molecule has 5 nitrogen and oxygen atoms in total. The second-order valence-corrected chi connectivity index (χ2v) is 5.62. The minimum atomic E-state index is -0.557. The molecule has 0 aliphatic heterocycles. The monoisotopic (exact) mass is 294 g/mol. The van der Waals surface area contributed by atoms with E-state index >= 15 is 0 Å². The number of nitrogens with zero attached hydrogens (tertiary/aromatic N) is 1. The molecule has 1 unspecified atom stereocenters. The minimum absolute atomic E-state index is 0.128. The topological polar surface area (TPSA) is 79.0 Å². The zero-order valence-corrected chi connectivity index (χ0v) is 12.4. The van der Waals surface area contributed by atoms with E-state index in [1.165, 1.54) is 6.42 Å². The maximum Gasteiger partial charge on any atom is 0.119 e. The molecule has 5 heteroatoms. The molecule has 21 heavy (non-hydrogen) atoms. The van der Waals surface area contributed by atoms with Crippen molar-refractivity contribution in [2.75, 3.05) is 26.3 Å². The lowest BCUT2D eigenvalue weighted by Crippen LogP contribution is -2.46. The Morgan fingerprint density at radius 2 is 2.19 bits per heavy atom. The van der Waals surface area contributed by atoms with Crippen molar-refractivity contribution in [1.29, 1.82) is 0 Å². The lowest BCUT2D eigenvalue weighted by molar-refractivity contribution is 0.0258. The summed E-state index contributed by atoms with van der Waals surface area (Å²) in [5, 5.41) is 19.2. The first-order chi connectivity index (χ1) is 10.2. The highest BCUT2D eigenvalue weighted by Gasteiger charge is 2.26. The molecule has 4 N–H and O–H groups in total. The summed E-state index contributed by atoms with van der Waals surface area (Å²) < 4.78 is 5.63. The quantitative estimate of drug-likeness (QED) is 0.626. The van der Waals surface area contributed by atoms with Crippen LogP contribution in [0.2, 0.25) is 0 Å². The highest BCUT2D eigenvalue weighted by atomic mass is 16.5. The van der Waals surface area contributed by atoms with Gasteiger partial charge in [-0.3, -0.25) is 4.90 Å². The number of hydrogen-bond donors (Lipinski definition) is 3. The molecule has 1 aliphatic rings. The Kier molecular flexibility index (Phi) is 6.45. The van der Waals surface area contributed by atoms with Crippen molar-refractivity contribution in [3.63, 3.8) is 0 Å². The number of nitrogens with two attached hydrogens (primary N) is 1. The summed E-state index contributed by atoms with van der Waals surface area (Å²) in [6.45, 7) is 2.02. The summed E-state index contributed by atoms with van der Waals surface area (Å²) >= 11 is 0. The number of aliphatic hydroxyl groups is 2. The van der Waals surface area contributed by atoms with Crippen LogP contribution >= 0.6 is 0 Å². The molecule has 118 valence electrons. The van der Waals surface area contributed by atoms with Crippen LogP contribution in [0.15, 0.2) is 24.3 Å². The van der Waals surface area contributed by atoms with Crippen molar-refractivity contribution >= 4 is 0 Å². The van der Waals surface area contributed by atoms with E-state index in [0.717, 1.165) is 24.2 Å². The van der Waals surface area contributed by atoms with E-state index in [0.29, 0.717) is 25.7 Å². The van der Waals surface area contributed by atoms with Gasteiger partial charge in [0.15, 0.2) is 0 Å². The molecule has 2 rings (SSSR count). The predicted octanol–water partition coefficient (Wildman–Crippen LogP) is 0.732. The second kappa shape index (κ2) is 8.34. The van der Waals surface area contributed by atoms with Gasteiger partial charge in [-0.2, -0.15) is 0 Å². The maximum absolute atomic E-state index is 10.1. The summed E-state index contributed by atoms with van der Waals surface area (Å²) in [5.41, 5.74) is 6.61. The van der Waals surface area contributed by atoms with Crippen LogP contribution in [0.5, 0.6) is 5.75 Å². The van der Waals surface area contributed by atoms with E-state index in [2.05, 4.69) is 4.90 Å². The van der Waals surface area contributed by atoms with Gasteiger partial charge in [0.2, 0.25) is 0 Å². The van der Waals surface area contributed by atoms with Gasteiger partial charge in [0, 0.05) is 25.7 Å². The second-order valence-electron chi connectivity index (χ2n) is 5.62. The molecule has 0 aromatic heterocycles. The van der Waals surface area contributed by atoms with Gasteiger partial charge in [-0.05, 0) is 30.5 Å². The van der Waals surface area contributed by atoms with Crippen LogP contribution in [0.25, 0.3) is 0 Å². The molecular formula is C16H26N2O3. The Morgan fingerprint density at radius 3 is 2.81 bits per heavy atom. The molecule has 1 fully saturated rings. The smallest absolute Gasteiger partial charge is 0.119 e. The first kappa shape index (κ1) is 16.2. The van der Waals surface area contributed by atoms with E-state index < -0.39 is 6.10 Å². The van der Waals surface area contributed by atoms with Gasteiger partial charge in [0.1, 0.15) is 18.5 Å². The summed E-state index contributed by atoms with van der Waals surface area (Å²) in [6.07, 6.45) is 3.00. The summed E-state index contributed by atoms with van der Waals surface area (Å²) in [5.74, 6) is 0.731. The van der Waals surface area contributed by atoms with Gasteiger partial charge in [0.25, 0.3) is 0 Å². The standard InChI is InChI=1S/C16H26N2O3/c17-10-13-3-1-6-16(9-13)21-12-15(20)11-18(7-8-19)14-4-2-5-14/h1,3,6,9,14-15,19-20H,2,4-5,7-8,10-12,17H2. The maximum atomic E-state index is 10.1. The van der Waals surface area contributed by atoms with Crippen LogP contribution in [0.3, 0.4) is 0 Å². The highest BCUT2D eigenvalue weighted by molar-refractivity contribution is 5.28. The summed E-state index contributed by atoms with van der Waals surface area (Å²) in [6, 6.07) is 8.11. The van der Waals surface area contributed by atoms with Crippen molar-refractivity contribution in [3.8, 4) is 5.75 Å². The molecule has 1 saturated carbocycles. The number of aliphatic hydroxyl groups excluding tert-OH is 2. The number of ether oxygens (including phenoxy) is 1. The number of rotatable bonds is 9. The normalized spacial score (nSPS) is 16.8. The van der Waals surface area contributed by atoms with Crippen LogP contribution in [0.1, 0.15) is 24.8 Å². The third kappa shape index (κ3) is 4.97. The molecule has 0 bridgehead atoms. The predicted molar refractivity (Wildman–Crippen MR) is 82.1 cm³/mol. The lowest BCUT2D eigenvalue weighted by atomic mass is 9.91. The summed E-state index contributed by atoms with van der Waals surface area (Å²) in [7, 11) is 0. The van der Waals surface area contributed by atoms with Crippen molar-refractivity contribution in [2.24, 2.45) is 5.73 Å². The SMILES string of the molecule is NCc1cccc(OCC(O)CN(CCO)C2CCC2)c1. The molecule has 1 aromatic carbocycles. The van der Waals surface area contributed by atoms with E-state index in [9.17, 15) is 5.11 Å². The van der Waals surface area contributed by atoms with Gasteiger partial charge in [-0.15, -0.1) is 0 Å². The Hall–Kier alpha value is -1.14. The molecule has 0 spiro atoms. The van der Waals surface area contributed by atoms with Crippen molar-refractivity contribution in [2.45, 2.75) is 38.0 Å². The molecule has 0 saturated heterocycles.